The van der Waals surface area contributed by atoms with Gasteiger partial charge in [-0.2, -0.15) is 5.26 Å². The van der Waals surface area contributed by atoms with E-state index in [4.69, 9.17) is 14.7 Å². The molecule has 1 N–H and O–H groups in total. The molecule has 2 aromatic carbocycles. The summed E-state index contributed by atoms with van der Waals surface area (Å²) in [5, 5.41) is 11.1. The molecule has 0 saturated heterocycles. The Labute approximate surface area is 148 Å². The third-order valence-corrected chi connectivity index (χ3v) is 3.34. The number of nitriles is 1. The van der Waals surface area contributed by atoms with Gasteiger partial charge in [0, 0.05) is 6.07 Å². The van der Waals surface area contributed by atoms with E-state index in [0.717, 1.165) is 6.07 Å². The first kappa shape index (κ1) is 19.1. The molecule has 0 bridgehead atoms. The van der Waals surface area contributed by atoms with E-state index in [-0.39, 0.29) is 11.5 Å². The lowest BCUT2D eigenvalue weighted by molar-refractivity contribution is -0.122. The van der Waals surface area contributed by atoms with Crippen LogP contribution >= 0.6 is 0 Å². The smallest absolute Gasteiger partial charge is 0.265 e. The Hall–Kier alpha value is -3.21. The van der Waals surface area contributed by atoms with Gasteiger partial charge in [0.05, 0.1) is 23.9 Å². The monoisotopic (exact) mass is 364 g/mol. The topological polar surface area (TPSA) is 71.3 Å². The SMILES string of the molecule is CCOc1cc(C#N)ccc1O[C@H](C)C(=O)Nc1ccc(F)c(F)c1F. The van der Waals surface area contributed by atoms with Crippen molar-refractivity contribution in [3.05, 3.63) is 53.3 Å². The summed E-state index contributed by atoms with van der Waals surface area (Å²) in [6.45, 7) is 3.44. The molecule has 2 aromatic rings. The maximum Gasteiger partial charge on any atom is 0.265 e. The number of hydrogen-bond acceptors (Lipinski definition) is 4. The van der Waals surface area contributed by atoms with Crippen LogP contribution in [0.3, 0.4) is 0 Å². The second kappa shape index (κ2) is 8.25. The fourth-order valence-corrected chi connectivity index (χ4v) is 2.04. The number of anilines is 1. The van der Waals surface area contributed by atoms with Crippen LogP contribution in [0.2, 0.25) is 0 Å². The standard InChI is InChI=1S/C18H15F3N2O3/c1-3-25-15-8-11(9-22)4-7-14(15)26-10(2)18(24)23-13-6-5-12(19)16(20)17(13)21/h4-8,10H,3H2,1-2H3,(H,23,24)/t10-/m1/s1. The summed E-state index contributed by atoms with van der Waals surface area (Å²) in [6, 6.07) is 7.97. The number of halogens is 3. The van der Waals surface area contributed by atoms with E-state index in [1.165, 1.54) is 25.1 Å². The first-order valence-corrected chi connectivity index (χ1v) is 7.65. The van der Waals surface area contributed by atoms with Crippen molar-refractivity contribution in [1.82, 2.24) is 0 Å². The lowest BCUT2D eigenvalue weighted by atomic mass is 10.2. The molecule has 0 spiro atoms. The van der Waals surface area contributed by atoms with E-state index >= 15 is 0 Å². The highest BCUT2D eigenvalue weighted by molar-refractivity contribution is 5.94. The van der Waals surface area contributed by atoms with Gasteiger partial charge in [0.25, 0.3) is 5.91 Å². The second-order valence-electron chi connectivity index (χ2n) is 5.18. The van der Waals surface area contributed by atoms with Crippen molar-refractivity contribution in [2.45, 2.75) is 20.0 Å². The van der Waals surface area contributed by atoms with Gasteiger partial charge in [-0.3, -0.25) is 4.79 Å². The summed E-state index contributed by atoms with van der Waals surface area (Å²) in [5.41, 5.74) is -0.157. The van der Waals surface area contributed by atoms with Gasteiger partial charge in [-0.15, -0.1) is 0 Å². The Bertz CT molecular complexity index is 865. The summed E-state index contributed by atoms with van der Waals surface area (Å²) in [6.07, 6.45) is -1.10. The number of benzene rings is 2. The highest BCUT2D eigenvalue weighted by atomic mass is 19.2. The Morgan fingerprint density at radius 2 is 1.92 bits per heavy atom. The molecule has 5 nitrogen and oxygen atoms in total. The first-order chi connectivity index (χ1) is 12.4. The van der Waals surface area contributed by atoms with E-state index in [9.17, 15) is 18.0 Å². The maximum atomic E-state index is 13.6. The molecule has 136 valence electrons. The van der Waals surface area contributed by atoms with Crippen LogP contribution in [0.4, 0.5) is 18.9 Å². The average Bonchev–Trinajstić information content (AvgIpc) is 2.63. The Morgan fingerprint density at radius 3 is 2.58 bits per heavy atom. The van der Waals surface area contributed by atoms with Crippen LogP contribution in [-0.4, -0.2) is 18.6 Å². The molecule has 0 fully saturated rings. The molecule has 0 radical (unpaired) electrons. The van der Waals surface area contributed by atoms with Crippen LogP contribution in [0.5, 0.6) is 11.5 Å². The fourth-order valence-electron chi connectivity index (χ4n) is 2.04. The van der Waals surface area contributed by atoms with E-state index < -0.39 is 35.2 Å². The van der Waals surface area contributed by atoms with Gasteiger partial charge in [-0.05, 0) is 38.1 Å². The largest absolute Gasteiger partial charge is 0.490 e. The van der Waals surface area contributed by atoms with Crippen LogP contribution in [0.15, 0.2) is 30.3 Å². The normalized spacial score (nSPS) is 11.4. The van der Waals surface area contributed by atoms with Crippen LogP contribution in [0.1, 0.15) is 19.4 Å². The zero-order valence-electron chi connectivity index (χ0n) is 14.0. The molecule has 8 heteroatoms. The minimum Gasteiger partial charge on any atom is -0.490 e. The highest BCUT2D eigenvalue weighted by Crippen LogP contribution is 2.29. The molecule has 0 saturated carbocycles. The Kier molecular flexibility index (Phi) is 6.07. The quantitative estimate of drug-likeness (QED) is 0.792. The van der Waals surface area contributed by atoms with Gasteiger partial charge in [0.15, 0.2) is 35.1 Å². The lowest BCUT2D eigenvalue weighted by Crippen LogP contribution is -2.30. The van der Waals surface area contributed by atoms with Crippen molar-refractivity contribution in [2.24, 2.45) is 0 Å². The van der Waals surface area contributed by atoms with Crippen molar-refractivity contribution >= 4 is 11.6 Å². The van der Waals surface area contributed by atoms with Crippen LogP contribution < -0.4 is 14.8 Å². The van der Waals surface area contributed by atoms with Gasteiger partial charge in [0.2, 0.25) is 0 Å². The van der Waals surface area contributed by atoms with Crippen molar-refractivity contribution in [3.8, 4) is 17.6 Å². The minimum absolute atomic E-state index is 0.208. The molecule has 0 aliphatic heterocycles. The lowest BCUT2D eigenvalue weighted by Gasteiger charge is -2.17. The number of carbonyl (C=O) groups excluding carboxylic acids is 1. The van der Waals surface area contributed by atoms with Crippen molar-refractivity contribution in [3.63, 3.8) is 0 Å². The van der Waals surface area contributed by atoms with E-state index in [1.54, 1.807) is 6.92 Å². The number of hydrogen-bond donors (Lipinski definition) is 1. The van der Waals surface area contributed by atoms with Crippen molar-refractivity contribution < 1.29 is 27.4 Å². The summed E-state index contributed by atoms with van der Waals surface area (Å²) in [5.74, 6) is -4.84. The maximum absolute atomic E-state index is 13.6. The number of amides is 1. The number of ether oxygens (including phenoxy) is 2. The van der Waals surface area contributed by atoms with Gasteiger partial charge < -0.3 is 14.8 Å². The number of nitrogens with one attached hydrogen (secondary N) is 1. The van der Waals surface area contributed by atoms with Gasteiger partial charge >= 0.3 is 0 Å². The molecule has 0 heterocycles. The molecule has 2 rings (SSSR count). The minimum atomic E-state index is -1.68. The van der Waals surface area contributed by atoms with Gasteiger partial charge in [-0.25, -0.2) is 13.2 Å². The zero-order valence-corrected chi connectivity index (χ0v) is 14.0. The summed E-state index contributed by atoms with van der Waals surface area (Å²) >= 11 is 0. The zero-order chi connectivity index (χ0) is 19.3. The van der Waals surface area contributed by atoms with Gasteiger partial charge in [0.1, 0.15) is 0 Å². The molecular formula is C18H15F3N2O3. The summed E-state index contributed by atoms with van der Waals surface area (Å²) in [7, 11) is 0. The number of nitrogens with zero attached hydrogens (tertiary/aromatic N) is 1. The molecule has 0 unspecified atom stereocenters. The molecule has 0 aliphatic rings. The molecular weight excluding hydrogens is 349 g/mol. The fraction of sp³-hybridized carbons (Fsp3) is 0.222. The third-order valence-electron chi connectivity index (χ3n) is 3.34. The molecule has 1 amide bonds. The summed E-state index contributed by atoms with van der Waals surface area (Å²) < 4.78 is 50.7. The molecule has 1 atom stereocenters. The van der Waals surface area contributed by atoms with E-state index in [0.29, 0.717) is 18.2 Å². The van der Waals surface area contributed by atoms with Crippen LogP contribution in [0, 0.1) is 28.8 Å². The molecule has 26 heavy (non-hydrogen) atoms. The average molecular weight is 364 g/mol. The van der Waals surface area contributed by atoms with E-state index in [2.05, 4.69) is 5.32 Å². The predicted molar refractivity (Wildman–Crippen MR) is 87.4 cm³/mol. The Morgan fingerprint density at radius 1 is 1.19 bits per heavy atom. The van der Waals surface area contributed by atoms with E-state index in [1.807, 2.05) is 6.07 Å². The predicted octanol–water partition coefficient (Wildman–Crippen LogP) is 3.78. The highest BCUT2D eigenvalue weighted by Gasteiger charge is 2.21. The van der Waals surface area contributed by atoms with Crippen molar-refractivity contribution in [1.29, 1.82) is 5.26 Å². The van der Waals surface area contributed by atoms with Crippen molar-refractivity contribution in [2.75, 3.05) is 11.9 Å². The number of carbonyl (C=O) groups is 1. The van der Waals surface area contributed by atoms with Gasteiger partial charge in [-0.1, -0.05) is 0 Å². The first-order valence-electron chi connectivity index (χ1n) is 7.65. The second-order valence-corrected chi connectivity index (χ2v) is 5.18. The Balaban J connectivity index is 2.15. The number of rotatable bonds is 6. The molecule has 0 aromatic heterocycles. The summed E-state index contributed by atoms with van der Waals surface area (Å²) in [4.78, 5) is 12.1. The molecule has 0 aliphatic carbocycles. The van der Waals surface area contributed by atoms with Crippen LogP contribution in [0.25, 0.3) is 0 Å². The third kappa shape index (κ3) is 4.25. The van der Waals surface area contributed by atoms with Crippen LogP contribution in [-0.2, 0) is 4.79 Å².